The second-order valence-electron chi connectivity index (χ2n) is 6.12. The van der Waals surface area contributed by atoms with E-state index in [1.165, 1.54) is 11.1 Å². The monoisotopic (exact) mass is 388 g/mol. The van der Waals surface area contributed by atoms with E-state index < -0.39 is 0 Å². The molecule has 1 heterocycles. The van der Waals surface area contributed by atoms with Gasteiger partial charge in [0, 0.05) is 0 Å². The molecule has 0 unspecified atom stereocenters. The largest absolute Gasteiger partial charge is 0.493 e. The van der Waals surface area contributed by atoms with E-state index >= 15 is 0 Å². The third-order valence-corrected chi connectivity index (χ3v) is 5.39. The fraction of sp³-hybridized carbons (Fsp3) is 0.130. The zero-order valence-electron chi connectivity index (χ0n) is 15.5. The maximum absolute atomic E-state index is 5.99. The molecule has 0 N–H and O–H groups in total. The Bertz CT molecular complexity index is 979. The molecule has 0 saturated heterocycles. The summed E-state index contributed by atoms with van der Waals surface area (Å²) in [6.07, 6.45) is 0. The van der Waals surface area contributed by atoms with Crippen molar-refractivity contribution in [2.45, 2.75) is 17.4 Å². The summed E-state index contributed by atoms with van der Waals surface area (Å²) in [4.78, 5) is 0. The molecule has 5 heteroatoms. The summed E-state index contributed by atoms with van der Waals surface area (Å²) in [6.45, 7) is 2.53. The van der Waals surface area contributed by atoms with Crippen molar-refractivity contribution in [1.82, 2.24) is 10.2 Å². The Balaban J connectivity index is 1.64. The van der Waals surface area contributed by atoms with Crippen molar-refractivity contribution in [2.75, 3.05) is 6.61 Å². The molecular weight excluding hydrogens is 368 g/mol. The second kappa shape index (κ2) is 8.76. The van der Waals surface area contributed by atoms with Gasteiger partial charge in [0.05, 0.1) is 17.4 Å². The third-order valence-electron chi connectivity index (χ3n) is 4.25. The average molecular weight is 388 g/mol. The minimum atomic E-state index is 0.0674. The highest BCUT2D eigenvalue weighted by Gasteiger charge is 2.20. The number of hydrogen-bond donors (Lipinski definition) is 0. The molecule has 0 radical (unpaired) electrons. The molecule has 3 aromatic carbocycles. The SMILES string of the molecule is CCOc1ccccc1-c1nnc(SC(c2ccccc2)c2ccccc2)o1. The van der Waals surface area contributed by atoms with Crippen LogP contribution in [0.5, 0.6) is 5.75 Å². The Labute approximate surface area is 168 Å². The van der Waals surface area contributed by atoms with Crippen LogP contribution < -0.4 is 4.74 Å². The minimum Gasteiger partial charge on any atom is -0.493 e. The van der Waals surface area contributed by atoms with Crippen LogP contribution in [0.2, 0.25) is 0 Å². The Morgan fingerprint density at radius 2 is 1.43 bits per heavy atom. The molecule has 0 aliphatic carbocycles. The zero-order valence-corrected chi connectivity index (χ0v) is 16.3. The molecular formula is C23H20N2O2S. The number of hydrogen-bond acceptors (Lipinski definition) is 5. The number of ether oxygens (including phenoxy) is 1. The normalized spacial score (nSPS) is 10.9. The van der Waals surface area contributed by atoms with Gasteiger partial charge in [-0.2, -0.15) is 0 Å². The van der Waals surface area contributed by atoms with Crippen molar-refractivity contribution >= 4 is 11.8 Å². The number of rotatable bonds is 7. The van der Waals surface area contributed by atoms with Gasteiger partial charge >= 0.3 is 0 Å². The van der Waals surface area contributed by atoms with Crippen LogP contribution >= 0.6 is 11.8 Å². The van der Waals surface area contributed by atoms with Crippen LogP contribution in [0.4, 0.5) is 0 Å². The van der Waals surface area contributed by atoms with Gasteiger partial charge in [0.2, 0.25) is 0 Å². The van der Waals surface area contributed by atoms with Crippen molar-refractivity contribution in [3.63, 3.8) is 0 Å². The molecule has 0 spiro atoms. The average Bonchev–Trinajstić information content (AvgIpc) is 3.22. The standard InChI is InChI=1S/C23H20N2O2S/c1-2-26-20-16-10-9-15-19(20)22-24-25-23(27-22)28-21(17-11-5-3-6-12-17)18-13-7-4-8-14-18/h3-16,21H,2H2,1H3. The number of nitrogens with zero attached hydrogens (tertiary/aromatic N) is 2. The van der Waals surface area contributed by atoms with E-state index in [-0.39, 0.29) is 5.25 Å². The summed E-state index contributed by atoms with van der Waals surface area (Å²) in [5.41, 5.74) is 3.18. The molecule has 0 bridgehead atoms. The fourth-order valence-corrected chi connectivity index (χ4v) is 3.98. The van der Waals surface area contributed by atoms with E-state index in [0.717, 1.165) is 11.3 Å². The van der Waals surface area contributed by atoms with Gasteiger partial charge in [-0.15, -0.1) is 10.2 Å². The van der Waals surface area contributed by atoms with Gasteiger partial charge in [-0.05, 0) is 30.2 Å². The first-order valence-corrected chi connectivity index (χ1v) is 10.1. The van der Waals surface area contributed by atoms with Crippen LogP contribution in [-0.4, -0.2) is 16.8 Å². The van der Waals surface area contributed by atoms with Gasteiger partial charge in [-0.1, -0.05) is 84.6 Å². The lowest BCUT2D eigenvalue weighted by Gasteiger charge is -2.15. The smallest absolute Gasteiger partial charge is 0.277 e. The first kappa shape index (κ1) is 18.3. The Morgan fingerprint density at radius 1 is 0.821 bits per heavy atom. The summed E-state index contributed by atoms with van der Waals surface area (Å²) in [7, 11) is 0. The van der Waals surface area contributed by atoms with Gasteiger partial charge in [0.25, 0.3) is 11.1 Å². The van der Waals surface area contributed by atoms with Crippen LogP contribution in [0.1, 0.15) is 23.3 Å². The maximum atomic E-state index is 5.99. The minimum absolute atomic E-state index is 0.0674. The van der Waals surface area contributed by atoms with Gasteiger partial charge in [0.15, 0.2) is 0 Å². The maximum Gasteiger partial charge on any atom is 0.277 e. The lowest BCUT2D eigenvalue weighted by molar-refractivity contribution is 0.340. The zero-order chi connectivity index (χ0) is 19.2. The van der Waals surface area contributed by atoms with Crippen LogP contribution in [0.25, 0.3) is 11.5 Å². The molecule has 0 aliphatic rings. The van der Waals surface area contributed by atoms with E-state index in [4.69, 9.17) is 9.15 Å². The molecule has 140 valence electrons. The van der Waals surface area contributed by atoms with Crippen LogP contribution in [0, 0.1) is 0 Å². The first-order chi connectivity index (χ1) is 13.8. The van der Waals surface area contributed by atoms with Crippen LogP contribution in [0.3, 0.4) is 0 Å². The van der Waals surface area contributed by atoms with Crippen molar-refractivity contribution in [3.05, 3.63) is 96.1 Å². The lowest BCUT2D eigenvalue weighted by Crippen LogP contribution is -1.96. The van der Waals surface area contributed by atoms with Crippen molar-refractivity contribution < 1.29 is 9.15 Å². The van der Waals surface area contributed by atoms with E-state index in [1.54, 1.807) is 11.8 Å². The molecule has 4 aromatic rings. The van der Waals surface area contributed by atoms with Gasteiger partial charge < -0.3 is 9.15 Å². The Morgan fingerprint density at radius 3 is 2.07 bits per heavy atom. The summed E-state index contributed by atoms with van der Waals surface area (Å²) >= 11 is 1.55. The number of aromatic nitrogens is 2. The quantitative estimate of drug-likeness (QED) is 0.362. The molecule has 0 atom stereocenters. The molecule has 0 amide bonds. The fourth-order valence-electron chi connectivity index (χ4n) is 2.98. The highest BCUT2D eigenvalue weighted by atomic mass is 32.2. The van der Waals surface area contributed by atoms with Gasteiger partial charge in [-0.25, -0.2) is 0 Å². The van der Waals surface area contributed by atoms with Crippen molar-refractivity contribution in [2.24, 2.45) is 0 Å². The molecule has 0 aliphatic heterocycles. The van der Waals surface area contributed by atoms with E-state index in [9.17, 15) is 0 Å². The number of para-hydroxylation sites is 1. The van der Waals surface area contributed by atoms with E-state index in [1.807, 2.05) is 67.6 Å². The summed E-state index contributed by atoms with van der Waals surface area (Å²) < 4.78 is 11.7. The van der Waals surface area contributed by atoms with Crippen LogP contribution in [-0.2, 0) is 0 Å². The predicted octanol–water partition coefficient (Wildman–Crippen LogP) is 6.02. The highest BCUT2D eigenvalue weighted by Crippen LogP contribution is 2.41. The molecule has 0 fully saturated rings. The predicted molar refractivity (Wildman–Crippen MR) is 111 cm³/mol. The number of benzene rings is 3. The van der Waals surface area contributed by atoms with Crippen LogP contribution in [0.15, 0.2) is 94.6 Å². The molecule has 1 aromatic heterocycles. The molecule has 28 heavy (non-hydrogen) atoms. The molecule has 4 nitrogen and oxygen atoms in total. The topological polar surface area (TPSA) is 48.2 Å². The molecule has 4 rings (SSSR count). The van der Waals surface area contributed by atoms with Gasteiger partial charge in [0.1, 0.15) is 5.75 Å². The second-order valence-corrected chi connectivity index (χ2v) is 7.18. The summed E-state index contributed by atoms with van der Waals surface area (Å²) in [5, 5.41) is 9.12. The highest BCUT2D eigenvalue weighted by molar-refractivity contribution is 7.99. The van der Waals surface area contributed by atoms with E-state index in [2.05, 4.69) is 34.5 Å². The first-order valence-electron chi connectivity index (χ1n) is 9.17. The third kappa shape index (κ3) is 4.10. The van der Waals surface area contributed by atoms with Crippen molar-refractivity contribution in [3.8, 4) is 17.2 Å². The Kier molecular flexibility index (Phi) is 5.73. The van der Waals surface area contributed by atoms with E-state index in [0.29, 0.717) is 17.7 Å². The summed E-state index contributed by atoms with van der Waals surface area (Å²) in [6, 6.07) is 28.4. The van der Waals surface area contributed by atoms with Gasteiger partial charge in [-0.3, -0.25) is 0 Å². The Hall–Kier alpha value is -3.05. The number of thioether (sulfide) groups is 1. The van der Waals surface area contributed by atoms with Crippen molar-refractivity contribution in [1.29, 1.82) is 0 Å². The summed E-state index contributed by atoms with van der Waals surface area (Å²) in [5.74, 6) is 1.21. The molecule has 0 saturated carbocycles. The lowest BCUT2D eigenvalue weighted by atomic mass is 10.0.